The van der Waals surface area contributed by atoms with E-state index in [4.69, 9.17) is 0 Å². The maximum atomic E-state index is 10.1. The molecule has 1 heterocycles. The summed E-state index contributed by atoms with van der Waals surface area (Å²) in [7, 11) is 0. The van der Waals surface area contributed by atoms with Crippen LogP contribution in [0.2, 0.25) is 0 Å². The fraction of sp³-hybridized carbons (Fsp3) is 0.286. The van der Waals surface area contributed by atoms with Crippen molar-refractivity contribution in [1.29, 1.82) is 0 Å². The van der Waals surface area contributed by atoms with Crippen LogP contribution in [0.3, 0.4) is 0 Å². The molecule has 28 heavy (non-hydrogen) atoms. The van der Waals surface area contributed by atoms with E-state index in [1.165, 1.54) is 0 Å². The number of phenols is 1. The lowest BCUT2D eigenvalue weighted by Gasteiger charge is -2.20. The highest BCUT2D eigenvalue weighted by Crippen LogP contribution is 2.26. The molecule has 0 atom stereocenters. The molecule has 7 nitrogen and oxygen atoms in total. The average Bonchev–Trinajstić information content (AvgIpc) is 2.67. The average molecular weight is 378 g/mol. The SMILES string of the molecule is CCN(CC)c1nc(Nc2cc(C)ccc2C)nc(Nc2ccccc2O)n1. The fourth-order valence-electron chi connectivity index (χ4n) is 2.82. The van der Waals surface area contributed by atoms with E-state index in [-0.39, 0.29) is 5.75 Å². The summed E-state index contributed by atoms with van der Waals surface area (Å²) in [6.45, 7) is 9.75. The van der Waals surface area contributed by atoms with Crippen molar-refractivity contribution in [2.75, 3.05) is 28.6 Å². The molecule has 0 radical (unpaired) electrons. The molecule has 0 unspecified atom stereocenters. The number of para-hydroxylation sites is 2. The van der Waals surface area contributed by atoms with Gasteiger partial charge in [-0.3, -0.25) is 0 Å². The van der Waals surface area contributed by atoms with Gasteiger partial charge in [0.25, 0.3) is 0 Å². The van der Waals surface area contributed by atoms with Gasteiger partial charge in [0, 0.05) is 18.8 Å². The summed E-state index contributed by atoms with van der Waals surface area (Å²) in [6.07, 6.45) is 0. The first-order chi connectivity index (χ1) is 13.5. The Hall–Kier alpha value is -3.35. The van der Waals surface area contributed by atoms with Crippen LogP contribution in [0.5, 0.6) is 5.75 Å². The number of aryl methyl sites for hydroxylation is 2. The molecule has 2 aromatic carbocycles. The number of nitrogens with one attached hydrogen (secondary N) is 2. The van der Waals surface area contributed by atoms with Gasteiger partial charge in [0.1, 0.15) is 5.75 Å². The second-order valence-corrected chi connectivity index (χ2v) is 6.54. The molecule has 0 spiro atoms. The lowest BCUT2D eigenvalue weighted by atomic mass is 10.1. The molecule has 0 aliphatic carbocycles. The molecular formula is C21H26N6O. The number of nitrogens with zero attached hydrogens (tertiary/aromatic N) is 4. The molecular weight excluding hydrogens is 352 g/mol. The second kappa shape index (κ2) is 8.56. The zero-order chi connectivity index (χ0) is 20.1. The zero-order valence-electron chi connectivity index (χ0n) is 16.7. The molecule has 0 fully saturated rings. The first-order valence-corrected chi connectivity index (χ1v) is 9.40. The number of rotatable bonds is 7. The lowest BCUT2D eigenvalue weighted by molar-refractivity contribution is 0.477. The molecule has 146 valence electrons. The highest BCUT2D eigenvalue weighted by Gasteiger charge is 2.13. The maximum Gasteiger partial charge on any atom is 0.233 e. The highest BCUT2D eigenvalue weighted by molar-refractivity contribution is 5.65. The van der Waals surface area contributed by atoms with Gasteiger partial charge in [0.15, 0.2) is 0 Å². The third-order valence-corrected chi connectivity index (χ3v) is 4.46. The first-order valence-electron chi connectivity index (χ1n) is 9.40. The number of hydrogen-bond donors (Lipinski definition) is 3. The van der Waals surface area contributed by atoms with Crippen molar-refractivity contribution in [3.63, 3.8) is 0 Å². The van der Waals surface area contributed by atoms with Crippen molar-refractivity contribution >= 4 is 29.2 Å². The molecule has 0 saturated carbocycles. The number of aromatic hydroxyl groups is 1. The minimum Gasteiger partial charge on any atom is -0.506 e. The van der Waals surface area contributed by atoms with Crippen molar-refractivity contribution in [2.45, 2.75) is 27.7 Å². The molecule has 0 aliphatic rings. The largest absolute Gasteiger partial charge is 0.506 e. The van der Waals surface area contributed by atoms with Gasteiger partial charge >= 0.3 is 0 Å². The van der Waals surface area contributed by atoms with Crippen LogP contribution in [-0.4, -0.2) is 33.1 Å². The van der Waals surface area contributed by atoms with Crippen LogP contribution in [0.1, 0.15) is 25.0 Å². The monoisotopic (exact) mass is 378 g/mol. The molecule has 0 bridgehead atoms. The quantitative estimate of drug-likeness (QED) is 0.521. The van der Waals surface area contributed by atoms with E-state index in [1.54, 1.807) is 18.2 Å². The van der Waals surface area contributed by atoms with E-state index in [1.807, 2.05) is 24.8 Å². The topological polar surface area (TPSA) is 86.2 Å². The van der Waals surface area contributed by atoms with Gasteiger partial charge in [-0.05, 0) is 57.0 Å². The van der Waals surface area contributed by atoms with E-state index < -0.39 is 0 Å². The molecule has 1 aromatic heterocycles. The van der Waals surface area contributed by atoms with Crippen molar-refractivity contribution in [1.82, 2.24) is 15.0 Å². The van der Waals surface area contributed by atoms with Crippen LogP contribution in [0, 0.1) is 13.8 Å². The van der Waals surface area contributed by atoms with Gasteiger partial charge in [0.2, 0.25) is 17.8 Å². The fourth-order valence-corrected chi connectivity index (χ4v) is 2.82. The summed E-state index contributed by atoms with van der Waals surface area (Å²) < 4.78 is 0. The molecule has 7 heteroatoms. The van der Waals surface area contributed by atoms with E-state index in [0.29, 0.717) is 23.5 Å². The Labute approximate surface area is 165 Å². The van der Waals surface area contributed by atoms with Crippen molar-refractivity contribution < 1.29 is 5.11 Å². The van der Waals surface area contributed by atoms with Crippen LogP contribution in [0.4, 0.5) is 29.2 Å². The summed E-state index contributed by atoms with van der Waals surface area (Å²) in [5.74, 6) is 1.52. The Kier molecular flexibility index (Phi) is 5.93. The van der Waals surface area contributed by atoms with Crippen molar-refractivity contribution in [3.8, 4) is 5.75 Å². The number of hydrogen-bond acceptors (Lipinski definition) is 7. The van der Waals surface area contributed by atoms with Crippen molar-refractivity contribution in [2.24, 2.45) is 0 Å². The summed E-state index contributed by atoms with van der Waals surface area (Å²) in [5, 5.41) is 16.4. The molecule has 3 N–H and O–H groups in total. The molecule has 0 saturated heterocycles. The Morgan fingerprint density at radius 2 is 1.50 bits per heavy atom. The predicted octanol–water partition coefficient (Wildman–Crippen LogP) is 4.53. The minimum absolute atomic E-state index is 0.135. The van der Waals surface area contributed by atoms with Gasteiger partial charge < -0.3 is 20.6 Å². The standard InChI is InChI=1S/C21H26N6O/c1-5-27(6-2)21-25-19(22-16-9-7-8-10-18(16)28)24-20(26-21)23-17-13-14(3)11-12-15(17)4/h7-13,28H,5-6H2,1-4H3,(H2,22,23,24,25,26). The van der Waals surface area contributed by atoms with Crippen LogP contribution < -0.4 is 15.5 Å². The highest BCUT2D eigenvalue weighted by atomic mass is 16.3. The molecule has 0 aliphatic heterocycles. The number of phenolic OH excluding ortho intramolecular Hbond substituents is 1. The van der Waals surface area contributed by atoms with Gasteiger partial charge in [-0.2, -0.15) is 15.0 Å². The van der Waals surface area contributed by atoms with Gasteiger partial charge in [-0.25, -0.2) is 0 Å². The van der Waals surface area contributed by atoms with Crippen LogP contribution in [0.15, 0.2) is 42.5 Å². The second-order valence-electron chi connectivity index (χ2n) is 6.54. The van der Waals surface area contributed by atoms with Gasteiger partial charge in [-0.15, -0.1) is 0 Å². The maximum absolute atomic E-state index is 10.1. The summed E-state index contributed by atoms with van der Waals surface area (Å²) in [5.41, 5.74) is 3.74. The van der Waals surface area contributed by atoms with E-state index in [9.17, 15) is 5.11 Å². The van der Waals surface area contributed by atoms with E-state index in [0.717, 1.165) is 29.9 Å². The Balaban J connectivity index is 2.00. The Morgan fingerprint density at radius 3 is 2.14 bits per heavy atom. The molecule has 3 rings (SSSR count). The number of aromatic nitrogens is 3. The summed E-state index contributed by atoms with van der Waals surface area (Å²) >= 11 is 0. The number of benzene rings is 2. The van der Waals surface area contributed by atoms with Crippen LogP contribution in [-0.2, 0) is 0 Å². The van der Waals surface area contributed by atoms with Crippen LogP contribution >= 0.6 is 0 Å². The third-order valence-electron chi connectivity index (χ3n) is 4.46. The van der Waals surface area contributed by atoms with Gasteiger partial charge in [0.05, 0.1) is 5.69 Å². The molecule has 3 aromatic rings. The normalized spacial score (nSPS) is 10.6. The minimum atomic E-state index is 0.135. The van der Waals surface area contributed by atoms with E-state index >= 15 is 0 Å². The Bertz CT molecular complexity index is 955. The first kappa shape index (κ1) is 19.4. The zero-order valence-corrected chi connectivity index (χ0v) is 16.7. The Morgan fingerprint density at radius 1 is 0.857 bits per heavy atom. The smallest absolute Gasteiger partial charge is 0.233 e. The third kappa shape index (κ3) is 4.49. The number of anilines is 5. The van der Waals surface area contributed by atoms with Gasteiger partial charge in [-0.1, -0.05) is 24.3 Å². The van der Waals surface area contributed by atoms with E-state index in [2.05, 4.69) is 57.6 Å². The molecule has 0 amide bonds. The van der Waals surface area contributed by atoms with Crippen LogP contribution in [0.25, 0.3) is 0 Å². The van der Waals surface area contributed by atoms with Crippen molar-refractivity contribution in [3.05, 3.63) is 53.6 Å². The lowest BCUT2D eigenvalue weighted by Crippen LogP contribution is -2.25. The summed E-state index contributed by atoms with van der Waals surface area (Å²) in [6, 6.07) is 13.2. The summed E-state index contributed by atoms with van der Waals surface area (Å²) in [4.78, 5) is 15.7. The predicted molar refractivity (Wildman–Crippen MR) is 114 cm³/mol.